The van der Waals surface area contributed by atoms with Crippen LogP contribution in [0.15, 0.2) is 30.5 Å². The lowest BCUT2D eigenvalue weighted by Gasteiger charge is -2.26. The summed E-state index contributed by atoms with van der Waals surface area (Å²) in [6.45, 7) is 0.688. The molecular weight excluding hydrogens is 247 g/mol. The normalized spacial score (nSPS) is 17.6. The topological polar surface area (TPSA) is 72.9 Å². The second-order valence-electron chi connectivity index (χ2n) is 4.50. The summed E-state index contributed by atoms with van der Waals surface area (Å²) in [4.78, 5) is 11.3. The molecule has 98 valence electrons. The van der Waals surface area contributed by atoms with E-state index in [1.807, 2.05) is 6.07 Å². The summed E-state index contributed by atoms with van der Waals surface area (Å²) in [6.07, 6.45) is 2.22. The van der Waals surface area contributed by atoms with Gasteiger partial charge < -0.3 is 11.1 Å². The van der Waals surface area contributed by atoms with E-state index in [4.69, 9.17) is 5.73 Å². The monoisotopic (exact) mass is 260 g/mol. The van der Waals surface area contributed by atoms with Crippen LogP contribution in [0.4, 0.5) is 10.2 Å². The first-order chi connectivity index (χ1) is 9.16. The lowest BCUT2D eigenvalue weighted by Crippen LogP contribution is -2.26. The number of fused-ring (bicyclic) bond motifs is 1. The van der Waals surface area contributed by atoms with Crippen molar-refractivity contribution in [1.29, 1.82) is 0 Å². The average molecular weight is 260 g/mol. The zero-order valence-electron chi connectivity index (χ0n) is 10.1. The molecule has 3 N–H and O–H groups in total. The van der Waals surface area contributed by atoms with E-state index in [-0.39, 0.29) is 11.9 Å². The maximum Gasteiger partial charge on any atom is 0.254 e. The summed E-state index contributed by atoms with van der Waals surface area (Å²) < 4.78 is 15.0. The van der Waals surface area contributed by atoms with Crippen LogP contribution in [0.25, 0.3) is 0 Å². The van der Waals surface area contributed by atoms with Crippen molar-refractivity contribution in [2.24, 2.45) is 5.73 Å². The van der Waals surface area contributed by atoms with Gasteiger partial charge >= 0.3 is 0 Å². The number of anilines is 1. The van der Waals surface area contributed by atoms with Crippen LogP contribution in [-0.2, 0) is 0 Å². The third-order valence-corrected chi connectivity index (χ3v) is 3.30. The van der Waals surface area contributed by atoms with Gasteiger partial charge in [0.1, 0.15) is 17.2 Å². The van der Waals surface area contributed by atoms with Gasteiger partial charge in [-0.1, -0.05) is 12.1 Å². The average Bonchev–Trinajstić information content (AvgIpc) is 2.82. The highest BCUT2D eigenvalue weighted by atomic mass is 19.1. The first-order valence-electron chi connectivity index (χ1n) is 6.03. The van der Waals surface area contributed by atoms with E-state index in [0.29, 0.717) is 17.9 Å². The highest BCUT2D eigenvalue weighted by Gasteiger charge is 2.26. The Balaban J connectivity index is 2.06. The van der Waals surface area contributed by atoms with Gasteiger partial charge in [-0.3, -0.25) is 4.79 Å². The third kappa shape index (κ3) is 1.95. The van der Waals surface area contributed by atoms with Crippen molar-refractivity contribution in [2.45, 2.75) is 12.5 Å². The molecule has 0 radical (unpaired) electrons. The molecule has 1 aliphatic rings. The number of halogens is 1. The quantitative estimate of drug-likeness (QED) is 0.860. The maximum atomic E-state index is 13.3. The zero-order valence-corrected chi connectivity index (χ0v) is 10.1. The van der Waals surface area contributed by atoms with Gasteiger partial charge in [0, 0.05) is 6.54 Å². The van der Waals surface area contributed by atoms with Gasteiger partial charge in [0.15, 0.2) is 0 Å². The van der Waals surface area contributed by atoms with E-state index >= 15 is 0 Å². The van der Waals surface area contributed by atoms with Crippen molar-refractivity contribution >= 4 is 11.7 Å². The first-order valence-corrected chi connectivity index (χ1v) is 6.03. The second-order valence-corrected chi connectivity index (χ2v) is 4.50. The zero-order chi connectivity index (χ0) is 13.4. The number of primary amides is 1. The Morgan fingerprint density at radius 2 is 2.37 bits per heavy atom. The predicted molar refractivity (Wildman–Crippen MR) is 68.4 cm³/mol. The smallest absolute Gasteiger partial charge is 0.254 e. The third-order valence-electron chi connectivity index (χ3n) is 3.30. The summed E-state index contributed by atoms with van der Waals surface area (Å²) in [5.41, 5.74) is 6.50. The highest BCUT2D eigenvalue weighted by molar-refractivity contribution is 5.97. The lowest BCUT2D eigenvalue weighted by atomic mass is 10.0. The van der Waals surface area contributed by atoms with E-state index in [0.717, 1.165) is 12.0 Å². The molecule has 1 aromatic heterocycles. The Kier molecular flexibility index (Phi) is 2.70. The molecule has 19 heavy (non-hydrogen) atoms. The van der Waals surface area contributed by atoms with Gasteiger partial charge in [-0.25, -0.2) is 9.07 Å². The number of nitrogens with one attached hydrogen (secondary N) is 1. The molecule has 1 aliphatic heterocycles. The van der Waals surface area contributed by atoms with Crippen LogP contribution >= 0.6 is 0 Å². The molecule has 0 spiro atoms. The van der Waals surface area contributed by atoms with Crippen LogP contribution in [0.5, 0.6) is 0 Å². The lowest BCUT2D eigenvalue weighted by molar-refractivity contribution is 0.100. The molecule has 0 aliphatic carbocycles. The number of rotatable bonds is 2. The van der Waals surface area contributed by atoms with Crippen LogP contribution in [0.2, 0.25) is 0 Å². The number of carbonyl (C=O) groups is 1. The summed E-state index contributed by atoms with van der Waals surface area (Å²) in [6, 6.07) is 6.34. The van der Waals surface area contributed by atoms with Gasteiger partial charge in [0.05, 0.1) is 12.2 Å². The minimum atomic E-state index is -0.520. The SMILES string of the molecule is NC(=O)c1cnn2c1NCCC2c1cccc(F)c1. The summed E-state index contributed by atoms with van der Waals surface area (Å²) in [5.74, 6) is -0.193. The number of hydrogen-bond acceptors (Lipinski definition) is 3. The van der Waals surface area contributed by atoms with Crippen molar-refractivity contribution < 1.29 is 9.18 Å². The van der Waals surface area contributed by atoms with Crippen LogP contribution < -0.4 is 11.1 Å². The number of aromatic nitrogens is 2. The molecule has 2 heterocycles. The Labute approximate surface area is 109 Å². The summed E-state index contributed by atoms with van der Waals surface area (Å²) in [7, 11) is 0. The van der Waals surface area contributed by atoms with E-state index in [9.17, 15) is 9.18 Å². The van der Waals surface area contributed by atoms with E-state index in [1.54, 1.807) is 10.7 Å². The standard InChI is InChI=1S/C13H13FN4O/c14-9-3-1-2-8(6-9)11-4-5-16-13-10(12(15)19)7-17-18(11)13/h1-3,6-7,11,16H,4-5H2,(H2,15,19). The molecule has 3 rings (SSSR count). The fourth-order valence-corrected chi connectivity index (χ4v) is 2.43. The molecule has 1 amide bonds. The second kappa shape index (κ2) is 4.38. The minimum Gasteiger partial charge on any atom is -0.369 e. The van der Waals surface area contributed by atoms with E-state index < -0.39 is 5.91 Å². The van der Waals surface area contributed by atoms with Crippen molar-refractivity contribution in [2.75, 3.05) is 11.9 Å². The van der Waals surface area contributed by atoms with Crippen LogP contribution in [0, 0.1) is 5.82 Å². The summed E-state index contributed by atoms with van der Waals surface area (Å²) in [5, 5.41) is 7.31. The molecule has 5 nitrogen and oxygen atoms in total. The Bertz CT molecular complexity index is 637. The molecule has 6 heteroatoms. The Hall–Kier alpha value is -2.37. The molecular formula is C13H13FN4O. The van der Waals surface area contributed by atoms with Gasteiger partial charge in [-0.05, 0) is 24.1 Å². The molecule has 2 aromatic rings. The number of nitrogens with zero attached hydrogens (tertiary/aromatic N) is 2. The molecule has 0 saturated carbocycles. The molecule has 0 fully saturated rings. The van der Waals surface area contributed by atoms with E-state index in [1.165, 1.54) is 18.3 Å². The van der Waals surface area contributed by atoms with Crippen molar-refractivity contribution in [3.05, 3.63) is 47.4 Å². The number of benzene rings is 1. The van der Waals surface area contributed by atoms with E-state index in [2.05, 4.69) is 10.4 Å². The molecule has 1 aromatic carbocycles. The highest BCUT2D eigenvalue weighted by Crippen LogP contribution is 2.31. The van der Waals surface area contributed by atoms with Gasteiger partial charge in [0.2, 0.25) is 0 Å². The number of hydrogen-bond donors (Lipinski definition) is 2. The van der Waals surface area contributed by atoms with Crippen molar-refractivity contribution in [1.82, 2.24) is 9.78 Å². The Morgan fingerprint density at radius 3 is 3.11 bits per heavy atom. The summed E-state index contributed by atoms with van der Waals surface area (Å²) >= 11 is 0. The number of nitrogens with two attached hydrogens (primary N) is 1. The van der Waals surface area contributed by atoms with Crippen LogP contribution in [0.3, 0.4) is 0 Å². The van der Waals surface area contributed by atoms with Gasteiger partial charge in [-0.2, -0.15) is 5.10 Å². The van der Waals surface area contributed by atoms with Crippen LogP contribution in [0.1, 0.15) is 28.4 Å². The van der Waals surface area contributed by atoms with Gasteiger partial charge in [0.25, 0.3) is 5.91 Å². The predicted octanol–water partition coefficient (Wildman–Crippen LogP) is 1.53. The molecule has 0 bridgehead atoms. The van der Waals surface area contributed by atoms with Crippen molar-refractivity contribution in [3.8, 4) is 0 Å². The largest absolute Gasteiger partial charge is 0.369 e. The van der Waals surface area contributed by atoms with Crippen molar-refractivity contribution in [3.63, 3.8) is 0 Å². The van der Waals surface area contributed by atoms with Crippen LogP contribution in [-0.4, -0.2) is 22.2 Å². The first kappa shape index (κ1) is 11.7. The van der Waals surface area contributed by atoms with Gasteiger partial charge in [-0.15, -0.1) is 0 Å². The number of carbonyl (C=O) groups excluding carboxylic acids is 1. The fraction of sp³-hybridized carbons (Fsp3) is 0.231. The molecule has 1 atom stereocenters. The molecule has 1 unspecified atom stereocenters. The fourth-order valence-electron chi connectivity index (χ4n) is 2.43. The maximum absolute atomic E-state index is 13.3. The number of amides is 1. The molecule has 0 saturated heterocycles. The Morgan fingerprint density at radius 1 is 1.53 bits per heavy atom. The minimum absolute atomic E-state index is 0.0833.